The van der Waals surface area contributed by atoms with Crippen molar-refractivity contribution >= 4 is 35.2 Å². The number of aryl methyl sites for hydroxylation is 1. The molecule has 0 bridgehead atoms. The van der Waals surface area contributed by atoms with Crippen LogP contribution in [0, 0.1) is 17.2 Å². The van der Waals surface area contributed by atoms with E-state index < -0.39 is 23.7 Å². The maximum absolute atomic E-state index is 12.8. The van der Waals surface area contributed by atoms with Crippen molar-refractivity contribution in [2.45, 2.75) is 12.3 Å². The highest BCUT2D eigenvalue weighted by atomic mass is 35.5. The van der Waals surface area contributed by atoms with Crippen LogP contribution in [-0.2, 0) is 20.7 Å². The number of methoxy groups -OCH3 is 1. The highest BCUT2D eigenvalue weighted by Crippen LogP contribution is 2.40. The molecule has 0 saturated carbocycles. The quantitative estimate of drug-likeness (QED) is 0.556. The summed E-state index contributed by atoms with van der Waals surface area (Å²) in [5.74, 6) is -2.32. The molecule has 29 heavy (non-hydrogen) atoms. The third-order valence-electron chi connectivity index (χ3n) is 4.69. The fourth-order valence-corrected chi connectivity index (χ4v) is 4.43. The first-order valence-electron chi connectivity index (χ1n) is 9.00. The van der Waals surface area contributed by atoms with Gasteiger partial charge in [-0.25, -0.2) is 0 Å². The molecule has 0 spiro atoms. The zero-order valence-corrected chi connectivity index (χ0v) is 17.3. The molecule has 1 heterocycles. The molecule has 2 aromatic rings. The van der Waals surface area contributed by atoms with E-state index in [0.717, 1.165) is 6.42 Å². The summed E-state index contributed by atoms with van der Waals surface area (Å²) in [5, 5.41) is 13.6. The summed E-state index contributed by atoms with van der Waals surface area (Å²) >= 11 is 7.38. The number of rotatable bonds is 6. The number of halogens is 1. The van der Waals surface area contributed by atoms with Crippen LogP contribution in [0.15, 0.2) is 65.2 Å². The lowest BCUT2D eigenvalue weighted by molar-refractivity contribution is -0.150. The number of hydrogen-bond acceptors (Lipinski definition) is 5. The summed E-state index contributed by atoms with van der Waals surface area (Å²) in [4.78, 5) is 25.1. The normalized spacial score (nSPS) is 18.7. The predicted octanol–water partition coefficient (Wildman–Crippen LogP) is 4.05. The summed E-state index contributed by atoms with van der Waals surface area (Å²) in [6.45, 7) is 0. The third kappa shape index (κ3) is 4.81. The Morgan fingerprint density at radius 3 is 2.52 bits per heavy atom. The lowest BCUT2D eigenvalue weighted by Gasteiger charge is -2.31. The van der Waals surface area contributed by atoms with Crippen LogP contribution in [0.5, 0.6) is 0 Å². The van der Waals surface area contributed by atoms with Gasteiger partial charge in [0.15, 0.2) is 0 Å². The first-order chi connectivity index (χ1) is 14.0. The van der Waals surface area contributed by atoms with Crippen LogP contribution in [-0.4, -0.2) is 24.7 Å². The van der Waals surface area contributed by atoms with Gasteiger partial charge in [-0.2, -0.15) is 5.26 Å². The second kappa shape index (κ2) is 9.64. The zero-order valence-electron chi connectivity index (χ0n) is 15.7. The maximum Gasteiger partial charge on any atom is 0.319 e. The molecule has 5 nitrogen and oxygen atoms in total. The third-order valence-corrected chi connectivity index (χ3v) is 5.96. The van der Waals surface area contributed by atoms with E-state index in [4.69, 9.17) is 16.3 Å². The van der Waals surface area contributed by atoms with Gasteiger partial charge in [-0.15, -0.1) is 11.8 Å². The predicted molar refractivity (Wildman–Crippen MR) is 113 cm³/mol. The Kier molecular flexibility index (Phi) is 6.97. The van der Waals surface area contributed by atoms with Gasteiger partial charge in [-0.05, 0) is 29.7 Å². The summed E-state index contributed by atoms with van der Waals surface area (Å²) in [5.41, 5.74) is 2.18. The van der Waals surface area contributed by atoms with Crippen molar-refractivity contribution in [2.24, 2.45) is 5.92 Å². The monoisotopic (exact) mass is 426 g/mol. The molecule has 0 fully saturated rings. The Balaban J connectivity index is 1.93. The Bertz CT molecular complexity index is 968. The fourth-order valence-electron chi connectivity index (χ4n) is 3.27. The van der Waals surface area contributed by atoms with E-state index in [-0.39, 0.29) is 0 Å². The Labute approximate surface area is 178 Å². The Morgan fingerprint density at radius 2 is 1.90 bits per heavy atom. The number of thioether (sulfide) groups is 1. The molecule has 0 radical (unpaired) electrons. The number of allylic oxidation sites excluding steroid dienone is 1. The second-order valence-corrected chi connectivity index (χ2v) is 8.00. The smallest absolute Gasteiger partial charge is 0.319 e. The van der Waals surface area contributed by atoms with Crippen molar-refractivity contribution in [3.8, 4) is 6.07 Å². The van der Waals surface area contributed by atoms with Crippen LogP contribution in [0.2, 0.25) is 5.02 Å². The van der Waals surface area contributed by atoms with E-state index in [1.54, 1.807) is 24.3 Å². The summed E-state index contributed by atoms with van der Waals surface area (Å²) in [6, 6.07) is 19.0. The standard InChI is InChI=1S/C22H19ClN2O3S/c1-28-22(27)19-18(15-7-9-16(23)10-8-15)17(13-24)21(25-20(19)26)29-12-11-14-5-3-2-4-6-14/h2-10,18-19H,11-12H2,1H3,(H,25,26). The molecule has 0 saturated heterocycles. The minimum absolute atomic E-state index is 0.348. The molecule has 148 valence electrons. The SMILES string of the molecule is COC(=O)C1C(=O)NC(SCCc2ccccc2)=C(C#N)C1c1ccc(Cl)cc1. The molecule has 1 aliphatic rings. The molecule has 2 atom stereocenters. The van der Waals surface area contributed by atoms with E-state index in [2.05, 4.69) is 11.4 Å². The van der Waals surface area contributed by atoms with Crippen LogP contribution in [0.1, 0.15) is 17.0 Å². The second-order valence-electron chi connectivity index (χ2n) is 6.46. The molecule has 2 aromatic carbocycles. The highest BCUT2D eigenvalue weighted by Gasteiger charge is 2.44. The number of amides is 1. The van der Waals surface area contributed by atoms with Gasteiger partial charge < -0.3 is 10.1 Å². The summed E-state index contributed by atoms with van der Waals surface area (Å²) in [7, 11) is 1.23. The minimum Gasteiger partial charge on any atom is -0.468 e. The summed E-state index contributed by atoms with van der Waals surface area (Å²) < 4.78 is 4.84. The number of ether oxygens (including phenoxy) is 1. The number of nitriles is 1. The van der Waals surface area contributed by atoms with E-state index in [1.165, 1.54) is 24.4 Å². The first kappa shape index (κ1) is 21.0. The maximum atomic E-state index is 12.8. The van der Waals surface area contributed by atoms with Gasteiger partial charge in [0.25, 0.3) is 0 Å². The average molecular weight is 427 g/mol. The van der Waals surface area contributed by atoms with Gasteiger partial charge in [0.1, 0.15) is 5.92 Å². The van der Waals surface area contributed by atoms with Gasteiger partial charge in [-0.3, -0.25) is 9.59 Å². The number of carbonyl (C=O) groups is 2. The van der Waals surface area contributed by atoms with Gasteiger partial charge in [0.2, 0.25) is 5.91 Å². The van der Waals surface area contributed by atoms with Crippen molar-refractivity contribution in [1.29, 1.82) is 5.26 Å². The van der Waals surface area contributed by atoms with Crippen LogP contribution in [0.4, 0.5) is 0 Å². The van der Waals surface area contributed by atoms with Gasteiger partial charge in [0.05, 0.1) is 23.8 Å². The largest absolute Gasteiger partial charge is 0.468 e. The fraction of sp³-hybridized carbons (Fsp3) is 0.227. The van der Waals surface area contributed by atoms with E-state index >= 15 is 0 Å². The van der Waals surface area contributed by atoms with Crippen LogP contribution in [0.3, 0.4) is 0 Å². The molecule has 0 aromatic heterocycles. The number of esters is 1. The van der Waals surface area contributed by atoms with Crippen molar-refractivity contribution in [3.05, 3.63) is 81.3 Å². The van der Waals surface area contributed by atoms with Crippen molar-refractivity contribution in [1.82, 2.24) is 5.32 Å². The number of benzene rings is 2. The minimum atomic E-state index is -1.13. The lowest BCUT2D eigenvalue weighted by Crippen LogP contribution is -2.44. The molecule has 1 N–H and O–H groups in total. The summed E-state index contributed by atoms with van der Waals surface area (Å²) in [6.07, 6.45) is 0.787. The zero-order chi connectivity index (χ0) is 20.8. The molecule has 2 unspecified atom stereocenters. The molecule has 1 aliphatic heterocycles. The number of nitrogens with zero attached hydrogens (tertiary/aromatic N) is 1. The number of nitrogens with one attached hydrogen (secondary N) is 1. The molecular formula is C22H19ClN2O3S. The highest BCUT2D eigenvalue weighted by molar-refractivity contribution is 8.03. The van der Waals surface area contributed by atoms with Crippen molar-refractivity contribution in [3.63, 3.8) is 0 Å². The van der Waals surface area contributed by atoms with Crippen LogP contribution in [0.25, 0.3) is 0 Å². The van der Waals surface area contributed by atoms with E-state index in [0.29, 0.717) is 26.9 Å². The van der Waals surface area contributed by atoms with Crippen LogP contribution >= 0.6 is 23.4 Å². The molecule has 0 aliphatic carbocycles. The molecule has 1 amide bonds. The lowest BCUT2D eigenvalue weighted by atomic mass is 9.78. The number of hydrogen-bond donors (Lipinski definition) is 1. The molecular weight excluding hydrogens is 408 g/mol. The van der Waals surface area contributed by atoms with Crippen molar-refractivity contribution < 1.29 is 14.3 Å². The van der Waals surface area contributed by atoms with E-state index in [9.17, 15) is 14.9 Å². The van der Waals surface area contributed by atoms with Gasteiger partial charge in [-0.1, -0.05) is 54.1 Å². The molecule has 7 heteroatoms. The Hall–Kier alpha value is -2.75. The Morgan fingerprint density at radius 1 is 1.21 bits per heavy atom. The van der Waals surface area contributed by atoms with Crippen LogP contribution < -0.4 is 5.32 Å². The average Bonchev–Trinajstić information content (AvgIpc) is 2.74. The molecule has 3 rings (SSSR count). The topological polar surface area (TPSA) is 79.2 Å². The van der Waals surface area contributed by atoms with Gasteiger partial charge >= 0.3 is 5.97 Å². The van der Waals surface area contributed by atoms with E-state index in [1.807, 2.05) is 30.3 Å². The first-order valence-corrected chi connectivity index (χ1v) is 10.4. The van der Waals surface area contributed by atoms with Crippen molar-refractivity contribution in [2.75, 3.05) is 12.9 Å². The van der Waals surface area contributed by atoms with Gasteiger partial charge in [0, 0.05) is 16.7 Å². The number of carbonyl (C=O) groups excluding carboxylic acids is 2.